The van der Waals surface area contributed by atoms with Gasteiger partial charge in [-0.2, -0.15) is 0 Å². The molecule has 0 unspecified atom stereocenters. The second-order valence-corrected chi connectivity index (χ2v) is 5.46. The second kappa shape index (κ2) is 5.61. The largest absolute Gasteiger partial charge is 0.465 e. The van der Waals surface area contributed by atoms with Gasteiger partial charge in [0.25, 0.3) is 0 Å². The van der Waals surface area contributed by atoms with Gasteiger partial charge in [-0.3, -0.25) is 4.79 Å². The third kappa shape index (κ3) is 2.46. The minimum atomic E-state index is -0.141. The van der Waals surface area contributed by atoms with Crippen molar-refractivity contribution in [1.82, 2.24) is 5.32 Å². The average molecular weight is 301 g/mol. The van der Waals surface area contributed by atoms with Crippen molar-refractivity contribution in [2.45, 2.75) is 6.04 Å². The van der Waals surface area contributed by atoms with Crippen molar-refractivity contribution in [2.24, 2.45) is 0 Å². The number of carbonyl (C=O) groups is 1. The van der Waals surface area contributed by atoms with Gasteiger partial charge in [0, 0.05) is 6.08 Å². The zero-order valence-corrected chi connectivity index (χ0v) is 12.4. The van der Waals surface area contributed by atoms with Crippen LogP contribution in [-0.2, 0) is 4.79 Å². The number of hydrogen-bond acceptors (Lipinski definition) is 2. The Kier molecular flexibility index (Phi) is 3.31. The molecule has 4 rings (SSSR count). The molecule has 1 N–H and O–H groups in total. The van der Waals surface area contributed by atoms with Crippen molar-refractivity contribution in [2.75, 3.05) is 0 Å². The third-order valence-electron chi connectivity index (χ3n) is 4.06. The maximum absolute atomic E-state index is 12.3. The van der Waals surface area contributed by atoms with Gasteiger partial charge in [-0.15, -0.1) is 0 Å². The van der Waals surface area contributed by atoms with Crippen LogP contribution in [0.25, 0.3) is 17.2 Å². The van der Waals surface area contributed by atoms with Gasteiger partial charge in [0.15, 0.2) is 0 Å². The van der Waals surface area contributed by atoms with Crippen LogP contribution in [0.15, 0.2) is 77.4 Å². The van der Waals surface area contributed by atoms with E-state index in [0.717, 1.165) is 11.1 Å². The highest BCUT2D eigenvalue weighted by atomic mass is 16.3. The van der Waals surface area contributed by atoms with Gasteiger partial charge < -0.3 is 9.73 Å². The first kappa shape index (κ1) is 13.6. The SMILES string of the molecule is O=C(C=Cc1ccco1)NC1c2ccccc2-c2ccccc21. The summed E-state index contributed by atoms with van der Waals surface area (Å²) in [5.41, 5.74) is 4.63. The van der Waals surface area contributed by atoms with Gasteiger partial charge in [0.1, 0.15) is 5.76 Å². The van der Waals surface area contributed by atoms with Crippen molar-refractivity contribution in [3.63, 3.8) is 0 Å². The summed E-state index contributed by atoms with van der Waals surface area (Å²) >= 11 is 0. The Morgan fingerprint density at radius 1 is 0.913 bits per heavy atom. The van der Waals surface area contributed by atoms with Crippen molar-refractivity contribution in [3.05, 3.63) is 89.9 Å². The van der Waals surface area contributed by atoms with Crippen molar-refractivity contribution in [1.29, 1.82) is 0 Å². The number of carbonyl (C=O) groups excluding carboxylic acids is 1. The first-order valence-electron chi connectivity index (χ1n) is 7.53. The van der Waals surface area contributed by atoms with Gasteiger partial charge in [-0.1, -0.05) is 48.5 Å². The standard InChI is InChI=1S/C20H15NO2/c22-19(12-11-14-6-5-13-23-14)21-20-17-9-3-1-7-15(17)16-8-2-4-10-18(16)20/h1-13,20H,(H,21,22). The number of furan rings is 1. The molecule has 3 aromatic rings. The second-order valence-electron chi connectivity index (χ2n) is 5.46. The lowest BCUT2D eigenvalue weighted by molar-refractivity contribution is -0.116. The quantitative estimate of drug-likeness (QED) is 0.737. The molecule has 1 amide bonds. The molecular formula is C20H15NO2. The van der Waals surface area contributed by atoms with E-state index in [9.17, 15) is 4.79 Å². The molecule has 0 saturated carbocycles. The fourth-order valence-corrected chi connectivity index (χ4v) is 3.05. The number of rotatable bonds is 3. The Hall–Kier alpha value is -3.07. The molecule has 0 atom stereocenters. The fraction of sp³-hybridized carbons (Fsp3) is 0.0500. The molecule has 1 heterocycles. The van der Waals surface area contributed by atoms with Gasteiger partial charge in [-0.05, 0) is 40.5 Å². The van der Waals surface area contributed by atoms with Crippen molar-refractivity contribution >= 4 is 12.0 Å². The zero-order chi connectivity index (χ0) is 15.6. The molecule has 2 aromatic carbocycles. The van der Waals surface area contributed by atoms with Crippen LogP contribution in [0.2, 0.25) is 0 Å². The van der Waals surface area contributed by atoms with Crippen molar-refractivity contribution in [3.8, 4) is 11.1 Å². The highest BCUT2D eigenvalue weighted by Gasteiger charge is 2.28. The van der Waals surface area contributed by atoms with Crippen LogP contribution in [0.3, 0.4) is 0 Å². The Balaban J connectivity index is 1.63. The fourth-order valence-electron chi connectivity index (χ4n) is 3.05. The number of benzene rings is 2. The third-order valence-corrected chi connectivity index (χ3v) is 4.06. The van der Waals surface area contributed by atoms with Crippen LogP contribution < -0.4 is 5.32 Å². The van der Waals surface area contributed by atoms with Gasteiger partial charge >= 0.3 is 0 Å². The van der Waals surface area contributed by atoms with Crippen LogP contribution in [-0.4, -0.2) is 5.91 Å². The van der Waals surface area contributed by atoms with E-state index in [2.05, 4.69) is 29.6 Å². The zero-order valence-electron chi connectivity index (χ0n) is 12.4. The van der Waals surface area contributed by atoms with Gasteiger partial charge in [0.05, 0.1) is 12.3 Å². The van der Waals surface area contributed by atoms with Crippen LogP contribution in [0.4, 0.5) is 0 Å². The molecule has 112 valence electrons. The summed E-state index contributed by atoms with van der Waals surface area (Å²) in [5, 5.41) is 3.09. The van der Waals surface area contributed by atoms with E-state index in [1.54, 1.807) is 18.4 Å². The Bertz CT molecular complexity index is 833. The highest BCUT2D eigenvalue weighted by Crippen LogP contribution is 2.42. The summed E-state index contributed by atoms with van der Waals surface area (Å²) in [6, 6.07) is 19.9. The minimum absolute atomic E-state index is 0.115. The summed E-state index contributed by atoms with van der Waals surface area (Å²) in [4.78, 5) is 12.3. The molecule has 0 aliphatic heterocycles. The van der Waals surface area contributed by atoms with E-state index >= 15 is 0 Å². The predicted octanol–water partition coefficient (Wildman–Crippen LogP) is 4.18. The molecule has 0 fully saturated rings. The topological polar surface area (TPSA) is 42.2 Å². The number of fused-ring (bicyclic) bond motifs is 3. The van der Waals surface area contributed by atoms with E-state index in [-0.39, 0.29) is 11.9 Å². The Morgan fingerprint density at radius 2 is 1.57 bits per heavy atom. The molecule has 1 aliphatic rings. The molecule has 23 heavy (non-hydrogen) atoms. The van der Waals surface area contributed by atoms with Crippen LogP contribution in [0, 0.1) is 0 Å². The lowest BCUT2D eigenvalue weighted by Gasteiger charge is -2.14. The maximum atomic E-state index is 12.3. The Labute approximate surface area is 134 Å². The summed E-state index contributed by atoms with van der Waals surface area (Å²) in [6.07, 6.45) is 4.76. The van der Waals surface area contributed by atoms with E-state index in [0.29, 0.717) is 5.76 Å². The molecule has 1 aliphatic carbocycles. The van der Waals surface area contributed by atoms with Crippen LogP contribution in [0.1, 0.15) is 22.9 Å². The molecule has 3 heteroatoms. The average Bonchev–Trinajstić information content (AvgIpc) is 3.21. The summed E-state index contributed by atoms with van der Waals surface area (Å²) in [5.74, 6) is 0.519. The Morgan fingerprint density at radius 3 is 2.17 bits per heavy atom. The predicted molar refractivity (Wildman–Crippen MR) is 89.6 cm³/mol. The number of amides is 1. The summed E-state index contributed by atoms with van der Waals surface area (Å²) < 4.78 is 5.20. The van der Waals surface area contributed by atoms with E-state index in [1.165, 1.54) is 17.2 Å². The maximum Gasteiger partial charge on any atom is 0.244 e. The smallest absolute Gasteiger partial charge is 0.244 e. The lowest BCUT2D eigenvalue weighted by atomic mass is 10.1. The van der Waals surface area contributed by atoms with E-state index in [4.69, 9.17) is 4.42 Å². The first-order valence-corrected chi connectivity index (χ1v) is 7.53. The summed E-state index contributed by atoms with van der Waals surface area (Å²) in [7, 11) is 0. The normalized spacial score (nSPS) is 13.0. The summed E-state index contributed by atoms with van der Waals surface area (Å²) in [6.45, 7) is 0. The molecule has 0 bridgehead atoms. The lowest BCUT2D eigenvalue weighted by Crippen LogP contribution is -2.26. The molecule has 3 nitrogen and oxygen atoms in total. The number of hydrogen-bond donors (Lipinski definition) is 1. The molecule has 0 saturated heterocycles. The monoisotopic (exact) mass is 301 g/mol. The van der Waals surface area contributed by atoms with E-state index < -0.39 is 0 Å². The minimum Gasteiger partial charge on any atom is -0.465 e. The first-order chi connectivity index (χ1) is 11.3. The molecule has 0 radical (unpaired) electrons. The number of nitrogens with one attached hydrogen (secondary N) is 1. The van der Waals surface area contributed by atoms with Crippen LogP contribution in [0.5, 0.6) is 0 Å². The van der Waals surface area contributed by atoms with Gasteiger partial charge in [-0.25, -0.2) is 0 Å². The van der Waals surface area contributed by atoms with E-state index in [1.807, 2.05) is 30.3 Å². The molecule has 0 spiro atoms. The molecule has 1 aromatic heterocycles. The van der Waals surface area contributed by atoms with Gasteiger partial charge in [0.2, 0.25) is 5.91 Å². The molecular weight excluding hydrogens is 286 g/mol. The van der Waals surface area contributed by atoms with Crippen molar-refractivity contribution < 1.29 is 9.21 Å². The highest BCUT2D eigenvalue weighted by molar-refractivity contribution is 5.93. The van der Waals surface area contributed by atoms with Crippen LogP contribution >= 0.6 is 0 Å².